The number of aryl methyl sites for hydroxylation is 1. The predicted octanol–water partition coefficient (Wildman–Crippen LogP) is 1.26. The summed E-state index contributed by atoms with van der Waals surface area (Å²) in [6.45, 7) is 6.78. The zero-order chi connectivity index (χ0) is 15.1. The van der Waals surface area contributed by atoms with Crippen molar-refractivity contribution in [3.8, 4) is 0 Å². The second-order valence-electron chi connectivity index (χ2n) is 6.44. The Bertz CT molecular complexity index is 594. The smallest absolute Gasteiger partial charge is 0.226 e. The normalized spacial score (nSPS) is 21.7. The molecule has 0 aromatic carbocycles. The molecule has 0 saturated carbocycles. The van der Waals surface area contributed by atoms with E-state index >= 15 is 0 Å². The van der Waals surface area contributed by atoms with E-state index < -0.39 is 0 Å². The molecule has 0 atom stereocenters. The molecule has 1 aromatic heterocycles. The van der Waals surface area contributed by atoms with Crippen LogP contribution in [0.25, 0.3) is 0 Å². The first-order chi connectivity index (χ1) is 10.7. The van der Waals surface area contributed by atoms with Crippen LogP contribution in [0, 0.1) is 12.8 Å². The summed E-state index contributed by atoms with van der Waals surface area (Å²) in [4.78, 5) is 26.2. The lowest BCUT2D eigenvalue weighted by Gasteiger charge is -2.33. The molecule has 1 aromatic rings. The first kappa shape index (κ1) is 13.9. The molecule has 0 N–H and O–H groups in total. The summed E-state index contributed by atoms with van der Waals surface area (Å²) in [7, 11) is 0. The average Bonchev–Trinajstić information content (AvgIpc) is 2.89. The van der Waals surface area contributed by atoms with Crippen LogP contribution in [0.3, 0.4) is 0 Å². The molecule has 0 radical (unpaired) electrons. The summed E-state index contributed by atoms with van der Waals surface area (Å²) in [5, 5.41) is 0. The molecule has 0 spiro atoms. The van der Waals surface area contributed by atoms with E-state index in [2.05, 4.69) is 14.9 Å². The Hall–Kier alpha value is -1.69. The minimum absolute atomic E-state index is 0.115. The first-order valence-corrected chi connectivity index (χ1v) is 8.20. The molecular formula is C16H22N4O2. The molecule has 6 heteroatoms. The number of hydrogen-bond acceptors (Lipinski definition) is 5. The van der Waals surface area contributed by atoms with Crippen molar-refractivity contribution in [2.24, 2.45) is 5.92 Å². The van der Waals surface area contributed by atoms with E-state index in [1.807, 2.05) is 11.8 Å². The Morgan fingerprint density at radius 1 is 1.18 bits per heavy atom. The number of aromatic nitrogens is 2. The summed E-state index contributed by atoms with van der Waals surface area (Å²) in [5.41, 5.74) is 2.19. The Balaban J connectivity index is 1.55. The third kappa shape index (κ3) is 2.35. The summed E-state index contributed by atoms with van der Waals surface area (Å²) >= 11 is 0. The number of hydrogen-bond donors (Lipinski definition) is 0. The van der Waals surface area contributed by atoms with E-state index in [4.69, 9.17) is 4.74 Å². The lowest BCUT2D eigenvalue weighted by molar-refractivity contribution is -0.139. The number of ether oxygens (including phenoxy) is 1. The summed E-state index contributed by atoms with van der Waals surface area (Å²) in [5.74, 6) is 2.23. The van der Waals surface area contributed by atoms with Gasteiger partial charge in [-0.15, -0.1) is 0 Å². The van der Waals surface area contributed by atoms with E-state index in [1.165, 1.54) is 6.42 Å². The van der Waals surface area contributed by atoms with Gasteiger partial charge in [-0.1, -0.05) is 0 Å². The SMILES string of the molecule is Cc1nc2c(c(N3CCC3)n1)CN(C(=O)C1CCOCC1)C2. The van der Waals surface area contributed by atoms with Crippen molar-refractivity contribution >= 4 is 11.7 Å². The van der Waals surface area contributed by atoms with Gasteiger partial charge in [-0.05, 0) is 26.2 Å². The number of carbonyl (C=O) groups is 1. The molecule has 3 aliphatic heterocycles. The Labute approximate surface area is 130 Å². The van der Waals surface area contributed by atoms with Crippen LogP contribution in [0.4, 0.5) is 5.82 Å². The third-order valence-electron chi connectivity index (χ3n) is 4.91. The fourth-order valence-corrected chi connectivity index (χ4v) is 3.51. The average molecular weight is 302 g/mol. The monoisotopic (exact) mass is 302 g/mol. The maximum Gasteiger partial charge on any atom is 0.226 e. The standard InChI is InChI=1S/C16H22N4O2/c1-11-17-14-10-20(16(21)12-3-7-22-8-4-12)9-13(14)15(18-11)19-5-2-6-19/h12H,2-10H2,1H3. The molecule has 4 heterocycles. The lowest BCUT2D eigenvalue weighted by atomic mass is 9.99. The Morgan fingerprint density at radius 3 is 2.64 bits per heavy atom. The quantitative estimate of drug-likeness (QED) is 0.823. The minimum atomic E-state index is 0.115. The van der Waals surface area contributed by atoms with Gasteiger partial charge < -0.3 is 14.5 Å². The molecule has 2 fully saturated rings. The molecule has 0 bridgehead atoms. The van der Waals surface area contributed by atoms with Gasteiger partial charge in [0, 0.05) is 37.8 Å². The van der Waals surface area contributed by atoms with Crippen LogP contribution >= 0.6 is 0 Å². The Kier molecular flexibility index (Phi) is 3.48. The molecule has 2 saturated heterocycles. The molecule has 22 heavy (non-hydrogen) atoms. The van der Waals surface area contributed by atoms with Crippen molar-refractivity contribution in [3.05, 3.63) is 17.1 Å². The molecule has 0 unspecified atom stereocenters. The molecule has 118 valence electrons. The van der Waals surface area contributed by atoms with Gasteiger partial charge in [0.25, 0.3) is 0 Å². The van der Waals surface area contributed by atoms with Crippen molar-refractivity contribution in [3.63, 3.8) is 0 Å². The van der Waals surface area contributed by atoms with E-state index in [0.29, 0.717) is 26.3 Å². The van der Waals surface area contributed by atoms with Crippen molar-refractivity contribution in [2.75, 3.05) is 31.2 Å². The van der Waals surface area contributed by atoms with E-state index in [-0.39, 0.29) is 11.8 Å². The highest BCUT2D eigenvalue weighted by Crippen LogP contribution is 2.33. The molecular weight excluding hydrogens is 280 g/mol. The van der Waals surface area contributed by atoms with E-state index in [0.717, 1.165) is 48.8 Å². The van der Waals surface area contributed by atoms with Crippen LogP contribution in [-0.4, -0.2) is 47.1 Å². The third-order valence-corrected chi connectivity index (χ3v) is 4.91. The number of nitrogens with zero attached hydrogens (tertiary/aromatic N) is 4. The number of rotatable bonds is 2. The second-order valence-corrected chi connectivity index (χ2v) is 6.44. The van der Waals surface area contributed by atoms with Gasteiger partial charge in [-0.3, -0.25) is 4.79 Å². The highest BCUT2D eigenvalue weighted by molar-refractivity contribution is 5.80. The van der Waals surface area contributed by atoms with Gasteiger partial charge in [0.05, 0.1) is 18.8 Å². The van der Waals surface area contributed by atoms with Crippen LogP contribution in [0.2, 0.25) is 0 Å². The van der Waals surface area contributed by atoms with Crippen LogP contribution in [0.15, 0.2) is 0 Å². The van der Waals surface area contributed by atoms with Gasteiger partial charge in [0.1, 0.15) is 11.6 Å². The number of anilines is 1. The maximum absolute atomic E-state index is 12.7. The van der Waals surface area contributed by atoms with Gasteiger partial charge in [0.2, 0.25) is 5.91 Å². The molecule has 4 rings (SSSR count). The predicted molar refractivity (Wildman–Crippen MR) is 81.4 cm³/mol. The van der Waals surface area contributed by atoms with Crippen molar-refractivity contribution < 1.29 is 9.53 Å². The molecule has 1 amide bonds. The number of carbonyl (C=O) groups excluding carboxylic acids is 1. The molecule has 0 aliphatic carbocycles. The maximum atomic E-state index is 12.7. The fourth-order valence-electron chi connectivity index (χ4n) is 3.51. The van der Waals surface area contributed by atoms with Gasteiger partial charge in [-0.2, -0.15) is 0 Å². The van der Waals surface area contributed by atoms with Crippen molar-refractivity contribution in [1.82, 2.24) is 14.9 Å². The highest BCUT2D eigenvalue weighted by atomic mass is 16.5. The van der Waals surface area contributed by atoms with Gasteiger partial charge in [0.15, 0.2) is 0 Å². The second kappa shape index (κ2) is 5.50. The number of fused-ring (bicyclic) bond motifs is 1. The topological polar surface area (TPSA) is 58.6 Å². The minimum Gasteiger partial charge on any atom is -0.381 e. The van der Waals surface area contributed by atoms with Gasteiger partial charge in [-0.25, -0.2) is 9.97 Å². The zero-order valence-electron chi connectivity index (χ0n) is 13.0. The number of amides is 1. The van der Waals surface area contributed by atoms with Gasteiger partial charge >= 0.3 is 0 Å². The first-order valence-electron chi connectivity index (χ1n) is 8.20. The highest BCUT2D eigenvalue weighted by Gasteiger charge is 2.34. The van der Waals surface area contributed by atoms with E-state index in [9.17, 15) is 4.79 Å². The Morgan fingerprint density at radius 2 is 1.95 bits per heavy atom. The van der Waals surface area contributed by atoms with E-state index in [1.54, 1.807) is 0 Å². The van der Waals surface area contributed by atoms with Crippen LogP contribution < -0.4 is 4.90 Å². The van der Waals surface area contributed by atoms with Crippen molar-refractivity contribution in [1.29, 1.82) is 0 Å². The summed E-state index contributed by atoms with van der Waals surface area (Å²) in [6.07, 6.45) is 2.91. The molecule has 3 aliphatic rings. The lowest BCUT2D eigenvalue weighted by Crippen LogP contribution is -2.39. The largest absolute Gasteiger partial charge is 0.381 e. The van der Waals surface area contributed by atoms with Crippen LogP contribution in [0.5, 0.6) is 0 Å². The van der Waals surface area contributed by atoms with Crippen LogP contribution in [-0.2, 0) is 22.6 Å². The summed E-state index contributed by atoms with van der Waals surface area (Å²) in [6, 6.07) is 0. The molecule has 6 nitrogen and oxygen atoms in total. The van der Waals surface area contributed by atoms with Crippen molar-refractivity contribution in [2.45, 2.75) is 39.3 Å². The van der Waals surface area contributed by atoms with Crippen LogP contribution in [0.1, 0.15) is 36.3 Å². The summed E-state index contributed by atoms with van der Waals surface area (Å²) < 4.78 is 5.36. The fraction of sp³-hybridized carbons (Fsp3) is 0.688. The zero-order valence-corrected chi connectivity index (χ0v) is 13.0.